The van der Waals surface area contributed by atoms with Crippen molar-refractivity contribution < 1.29 is 0 Å². The first kappa shape index (κ1) is 5.92. The Bertz CT molecular complexity index is 187. The van der Waals surface area contributed by atoms with E-state index in [1.54, 1.807) is 0 Å². The normalized spacial score (nSPS) is 25.4. The van der Waals surface area contributed by atoms with Crippen LogP contribution in [0, 0.1) is 0 Å². The highest BCUT2D eigenvalue weighted by molar-refractivity contribution is 4.84. The summed E-state index contributed by atoms with van der Waals surface area (Å²) in [4.78, 5) is 0. The average molecular weight is 137 g/mol. The molecule has 0 saturated carbocycles. The van der Waals surface area contributed by atoms with E-state index in [0.29, 0.717) is 6.04 Å². The Morgan fingerprint density at radius 2 is 2.60 bits per heavy atom. The lowest BCUT2D eigenvalue weighted by Crippen LogP contribution is -2.13. The molecular formula is C7H11N3. The van der Waals surface area contributed by atoms with Crippen molar-refractivity contribution in [2.45, 2.75) is 12.5 Å². The molecule has 1 saturated heterocycles. The van der Waals surface area contributed by atoms with Gasteiger partial charge in [0, 0.05) is 18.9 Å². The van der Waals surface area contributed by atoms with Crippen LogP contribution < -0.4 is 5.32 Å². The van der Waals surface area contributed by atoms with Crippen molar-refractivity contribution in [1.82, 2.24) is 15.1 Å². The summed E-state index contributed by atoms with van der Waals surface area (Å²) in [5, 5.41) is 7.47. The first-order chi connectivity index (χ1) is 4.97. The maximum absolute atomic E-state index is 4.17. The molecule has 0 aromatic carbocycles. The van der Waals surface area contributed by atoms with Crippen molar-refractivity contribution >= 4 is 0 Å². The van der Waals surface area contributed by atoms with Gasteiger partial charge in [0.2, 0.25) is 0 Å². The molecule has 0 amide bonds. The third kappa shape index (κ3) is 0.926. The van der Waals surface area contributed by atoms with Crippen molar-refractivity contribution in [2.24, 2.45) is 0 Å². The van der Waals surface area contributed by atoms with Gasteiger partial charge in [-0.05, 0) is 19.0 Å². The largest absolute Gasteiger partial charge is 0.315 e. The molecule has 0 bridgehead atoms. The fraction of sp³-hybridized carbons (Fsp3) is 0.571. The van der Waals surface area contributed by atoms with Gasteiger partial charge in [-0.15, -0.1) is 0 Å². The number of nitrogens with one attached hydrogen (secondary N) is 1. The summed E-state index contributed by atoms with van der Waals surface area (Å²) in [7, 11) is 0. The number of rotatable bonds is 1. The maximum atomic E-state index is 4.17. The van der Waals surface area contributed by atoms with Gasteiger partial charge in [0.05, 0.1) is 6.04 Å². The van der Waals surface area contributed by atoms with Crippen molar-refractivity contribution in [3.63, 3.8) is 0 Å². The van der Waals surface area contributed by atoms with Gasteiger partial charge in [-0.2, -0.15) is 5.10 Å². The zero-order chi connectivity index (χ0) is 6.81. The van der Waals surface area contributed by atoms with Crippen molar-refractivity contribution in [3.8, 4) is 0 Å². The van der Waals surface area contributed by atoms with Crippen molar-refractivity contribution in [3.05, 3.63) is 18.5 Å². The quantitative estimate of drug-likeness (QED) is 0.608. The van der Waals surface area contributed by atoms with Gasteiger partial charge in [-0.25, -0.2) is 0 Å². The summed E-state index contributed by atoms with van der Waals surface area (Å²) in [6.07, 6.45) is 5.07. The van der Waals surface area contributed by atoms with E-state index in [9.17, 15) is 0 Å². The topological polar surface area (TPSA) is 29.9 Å². The van der Waals surface area contributed by atoms with Gasteiger partial charge in [-0.3, -0.25) is 4.68 Å². The molecule has 2 rings (SSSR count). The standard InChI is InChI=1S/C7H11N3/c1-3-9-10(5-1)7-2-4-8-6-7/h1,3,5,7-8H,2,4,6H2. The predicted octanol–water partition coefficient (Wildman–Crippen LogP) is 0.417. The highest BCUT2D eigenvalue weighted by Gasteiger charge is 2.15. The van der Waals surface area contributed by atoms with E-state index in [4.69, 9.17) is 0 Å². The van der Waals surface area contributed by atoms with Crippen LogP contribution >= 0.6 is 0 Å². The second-order valence-electron chi connectivity index (χ2n) is 2.63. The van der Waals surface area contributed by atoms with Gasteiger partial charge in [0.1, 0.15) is 0 Å². The molecule has 3 nitrogen and oxygen atoms in total. The molecule has 1 aromatic heterocycles. The molecule has 1 fully saturated rings. The zero-order valence-electron chi connectivity index (χ0n) is 5.83. The van der Waals surface area contributed by atoms with E-state index in [0.717, 1.165) is 13.1 Å². The average Bonchev–Trinajstić information content (AvgIpc) is 2.59. The Morgan fingerprint density at radius 3 is 3.20 bits per heavy atom. The Balaban J connectivity index is 2.12. The lowest BCUT2D eigenvalue weighted by Gasteiger charge is -2.06. The van der Waals surface area contributed by atoms with Crippen LogP contribution in [-0.2, 0) is 0 Å². The Labute approximate surface area is 60.0 Å². The Hall–Kier alpha value is -0.830. The SMILES string of the molecule is c1cnn(C2CCNC2)c1. The molecule has 1 aliphatic heterocycles. The van der Waals surface area contributed by atoms with Gasteiger partial charge >= 0.3 is 0 Å². The summed E-state index contributed by atoms with van der Waals surface area (Å²) in [6, 6.07) is 2.56. The second kappa shape index (κ2) is 2.42. The minimum Gasteiger partial charge on any atom is -0.315 e. The van der Waals surface area contributed by atoms with Gasteiger partial charge in [-0.1, -0.05) is 0 Å². The minimum absolute atomic E-state index is 0.593. The van der Waals surface area contributed by atoms with E-state index >= 15 is 0 Å². The predicted molar refractivity (Wildman–Crippen MR) is 38.8 cm³/mol. The summed E-state index contributed by atoms with van der Waals surface area (Å²) < 4.78 is 2.03. The van der Waals surface area contributed by atoms with E-state index in [-0.39, 0.29) is 0 Å². The summed E-state index contributed by atoms with van der Waals surface area (Å²) in [5.74, 6) is 0. The monoisotopic (exact) mass is 137 g/mol. The minimum atomic E-state index is 0.593. The molecule has 1 aromatic rings. The van der Waals surface area contributed by atoms with Crippen molar-refractivity contribution in [1.29, 1.82) is 0 Å². The fourth-order valence-corrected chi connectivity index (χ4v) is 1.36. The smallest absolute Gasteiger partial charge is 0.0655 e. The van der Waals surface area contributed by atoms with E-state index in [1.807, 2.05) is 23.1 Å². The van der Waals surface area contributed by atoms with Crippen LogP contribution in [0.2, 0.25) is 0 Å². The van der Waals surface area contributed by atoms with E-state index in [1.165, 1.54) is 6.42 Å². The molecule has 10 heavy (non-hydrogen) atoms. The first-order valence-corrected chi connectivity index (χ1v) is 3.66. The maximum Gasteiger partial charge on any atom is 0.0655 e. The molecule has 1 aliphatic rings. The lowest BCUT2D eigenvalue weighted by atomic mass is 10.3. The Kier molecular flexibility index (Phi) is 1.43. The number of hydrogen-bond donors (Lipinski definition) is 1. The molecule has 1 unspecified atom stereocenters. The molecule has 0 spiro atoms. The van der Waals surface area contributed by atoms with Crippen LogP contribution in [0.25, 0.3) is 0 Å². The van der Waals surface area contributed by atoms with E-state index < -0.39 is 0 Å². The molecule has 2 heterocycles. The van der Waals surface area contributed by atoms with Crippen LogP contribution in [0.4, 0.5) is 0 Å². The lowest BCUT2D eigenvalue weighted by molar-refractivity contribution is 0.491. The number of hydrogen-bond acceptors (Lipinski definition) is 2. The van der Waals surface area contributed by atoms with Crippen LogP contribution in [-0.4, -0.2) is 22.9 Å². The zero-order valence-corrected chi connectivity index (χ0v) is 5.83. The number of nitrogens with zero attached hydrogens (tertiary/aromatic N) is 2. The second-order valence-corrected chi connectivity index (χ2v) is 2.63. The molecular weight excluding hydrogens is 126 g/mol. The molecule has 3 heteroatoms. The molecule has 0 radical (unpaired) electrons. The fourth-order valence-electron chi connectivity index (χ4n) is 1.36. The van der Waals surface area contributed by atoms with Gasteiger partial charge in [0.15, 0.2) is 0 Å². The van der Waals surface area contributed by atoms with Gasteiger partial charge < -0.3 is 5.32 Å². The summed E-state index contributed by atoms with van der Waals surface area (Å²) >= 11 is 0. The van der Waals surface area contributed by atoms with Crippen LogP contribution in [0.3, 0.4) is 0 Å². The Morgan fingerprint density at radius 1 is 1.60 bits per heavy atom. The molecule has 1 atom stereocenters. The van der Waals surface area contributed by atoms with Crippen molar-refractivity contribution in [2.75, 3.05) is 13.1 Å². The third-order valence-electron chi connectivity index (χ3n) is 1.93. The van der Waals surface area contributed by atoms with Crippen LogP contribution in [0.15, 0.2) is 18.5 Å². The van der Waals surface area contributed by atoms with Crippen LogP contribution in [0.1, 0.15) is 12.5 Å². The third-order valence-corrected chi connectivity index (χ3v) is 1.93. The number of aromatic nitrogens is 2. The summed E-state index contributed by atoms with van der Waals surface area (Å²) in [6.45, 7) is 2.20. The molecule has 1 N–H and O–H groups in total. The van der Waals surface area contributed by atoms with Gasteiger partial charge in [0.25, 0.3) is 0 Å². The first-order valence-electron chi connectivity index (χ1n) is 3.66. The summed E-state index contributed by atoms with van der Waals surface area (Å²) in [5.41, 5.74) is 0. The molecule has 0 aliphatic carbocycles. The van der Waals surface area contributed by atoms with Crippen LogP contribution in [0.5, 0.6) is 0 Å². The van der Waals surface area contributed by atoms with E-state index in [2.05, 4.69) is 10.4 Å². The molecule has 54 valence electrons. The highest BCUT2D eigenvalue weighted by Crippen LogP contribution is 2.12. The highest BCUT2D eigenvalue weighted by atomic mass is 15.3.